The topological polar surface area (TPSA) is 66.9 Å². The lowest BCUT2D eigenvalue weighted by Crippen LogP contribution is -2.49. The van der Waals surface area contributed by atoms with Crippen LogP contribution in [0.15, 0.2) is 24.3 Å². The number of halogens is 1. The van der Waals surface area contributed by atoms with Crippen molar-refractivity contribution in [1.82, 2.24) is 9.80 Å². The van der Waals surface area contributed by atoms with Crippen LogP contribution in [0.2, 0.25) is 0 Å². The number of carbonyl (C=O) groups excluding carboxylic acids is 3. The molecule has 2 heterocycles. The first-order valence-electron chi connectivity index (χ1n) is 9.86. The van der Waals surface area contributed by atoms with Crippen LogP contribution in [0.4, 0.5) is 4.39 Å². The van der Waals surface area contributed by atoms with E-state index in [1.54, 1.807) is 11.0 Å². The number of rotatable bonds is 5. The summed E-state index contributed by atoms with van der Waals surface area (Å²) in [7, 11) is 1.39. The van der Waals surface area contributed by atoms with E-state index >= 15 is 0 Å². The van der Waals surface area contributed by atoms with E-state index in [0.29, 0.717) is 58.3 Å². The second-order valence-electron chi connectivity index (χ2n) is 7.58. The summed E-state index contributed by atoms with van der Waals surface area (Å²) in [6.07, 6.45) is 2.72. The van der Waals surface area contributed by atoms with Gasteiger partial charge in [-0.25, -0.2) is 4.39 Å². The van der Waals surface area contributed by atoms with Crippen molar-refractivity contribution in [2.45, 2.75) is 32.1 Å². The third-order valence-electron chi connectivity index (χ3n) is 5.75. The molecule has 0 saturated carbocycles. The maximum absolute atomic E-state index is 13.3. The predicted molar refractivity (Wildman–Crippen MR) is 101 cm³/mol. The fourth-order valence-electron chi connectivity index (χ4n) is 4.05. The first kappa shape index (κ1) is 20.3. The van der Waals surface area contributed by atoms with E-state index in [-0.39, 0.29) is 35.4 Å². The summed E-state index contributed by atoms with van der Waals surface area (Å²) in [4.78, 5) is 40.3. The van der Waals surface area contributed by atoms with Gasteiger partial charge in [-0.05, 0) is 43.4 Å². The van der Waals surface area contributed by atoms with Crippen LogP contribution in [0.3, 0.4) is 0 Å². The van der Waals surface area contributed by atoms with E-state index < -0.39 is 0 Å². The van der Waals surface area contributed by atoms with E-state index in [4.69, 9.17) is 4.74 Å². The highest BCUT2D eigenvalue weighted by Crippen LogP contribution is 2.24. The smallest absolute Gasteiger partial charge is 0.308 e. The fourth-order valence-corrected chi connectivity index (χ4v) is 4.05. The van der Waals surface area contributed by atoms with Gasteiger partial charge in [0, 0.05) is 32.6 Å². The summed E-state index contributed by atoms with van der Waals surface area (Å²) in [5, 5.41) is 0. The van der Waals surface area contributed by atoms with Crippen molar-refractivity contribution in [3.8, 4) is 0 Å². The molecule has 6 nitrogen and oxygen atoms in total. The van der Waals surface area contributed by atoms with Gasteiger partial charge in [0.2, 0.25) is 11.8 Å². The van der Waals surface area contributed by atoms with Crippen molar-refractivity contribution < 1.29 is 23.5 Å². The Morgan fingerprint density at radius 3 is 2.61 bits per heavy atom. The molecule has 2 amide bonds. The zero-order valence-corrected chi connectivity index (χ0v) is 16.2. The average Bonchev–Trinajstić information content (AvgIpc) is 2.72. The van der Waals surface area contributed by atoms with Gasteiger partial charge in [0.05, 0.1) is 18.9 Å². The molecular formula is C21H27FN2O4. The summed E-state index contributed by atoms with van der Waals surface area (Å²) < 4.78 is 18.1. The minimum absolute atomic E-state index is 0.0462. The van der Waals surface area contributed by atoms with Gasteiger partial charge in [0.1, 0.15) is 5.82 Å². The van der Waals surface area contributed by atoms with Crippen molar-refractivity contribution in [2.75, 3.05) is 33.3 Å². The van der Waals surface area contributed by atoms with E-state index in [1.165, 1.54) is 19.2 Å². The van der Waals surface area contributed by atoms with Crippen LogP contribution in [-0.2, 0) is 25.5 Å². The Balaban J connectivity index is 1.53. The Labute approximate surface area is 164 Å². The molecule has 0 N–H and O–H groups in total. The maximum Gasteiger partial charge on any atom is 0.308 e. The Bertz CT molecular complexity index is 731. The van der Waals surface area contributed by atoms with Crippen molar-refractivity contribution in [3.63, 3.8) is 0 Å². The molecule has 152 valence electrons. The second-order valence-corrected chi connectivity index (χ2v) is 7.58. The Hall–Kier alpha value is -2.44. The standard InChI is InChI=1S/C21H27FN2O4/c1-28-21(27)16-8-11-23(12-9-16)20(26)17-5-6-19(25)24(14-17)10-7-15-3-2-4-18(22)13-15/h2-4,13,16-17H,5-12,14H2,1H3/t17-/m1/s1. The lowest BCUT2D eigenvalue weighted by molar-refractivity contribution is -0.151. The first-order valence-corrected chi connectivity index (χ1v) is 9.86. The Kier molecular flexibility index (Phi) is 6.65. The zero-order chi connectivity index (χ0) is 20.1. The molecule has 7 heteroatoms. The maximum atomic E-state index is 13.3. The van der Waals surface area contributed by atoms with Crippen LogP contribution >= 0.6 is 0 Å². The van der Waals surface area contributed by atoms with Gasteiger partial charge in [-0.3, -0.25) is 14.4 Å². The van der Waals surface area contributed by atoms with Gasteiger partial charge in [-0.1, -0.05) is 12.1 Å². The highest BCUT2D eigenvalue weighted by molar-refractivity contribution is 5.84. The largest absolute Gasteiger partial charge is 0.469 e. The van der Waals surface area contributed by atoms with Crippen LogP contribution in [0.25, 0.3) is 0 Å². The highest BCUT2D eigenvalue weighted by atomic mass is 19.1. The van der Waals surface area contributed by atoms with Crippen LogP contribution < -0.4 is 0 Å². The lowest BCUT2D eigenvalue weighted by Gasteiger charge is -2.37. The van der Waals surface area contributed by atoms with Crippen molar-refractivity contribution in [3.05, 3.63) is 35.6 Å². The number of nitrogens with zero attached hydrogens (tertiary/aromatic N) is 2. The number of hydrogen-bond acceptors (Lipinski definition) is 4. The van der Waals surface area contributed by atoms with Gasteiger partial charge >= 0.3 is 5.97 Å². The molecule has 0 unspecified atom stereocenters. The molecule has 0 radical (unpaired) electrons. The molecule has 0 spiro atoms. The van der Waals surface area contributed by atoms with Crippen LogP contribution in [-0.4, -0.2) is 60.9 Å². The van der Waals surface area contributed by atoms with Crippen molar-refractivity contribution in [1.29, 1.82) is 0 Å². The van der Waals surface area contributed by atoms with Gasteiger partial charge in [-0.15, -0.1) is 0 Å². The molecule has 1 aromatic rings. The van der Waals surface area contributed by atoms with E-state index in [9.17, 15) is 18.8 Å². The third-order valence-corrected chi connectivity index (χ3v) is 5.75. The predicted octanol–water partition coefficient (Wildman–Crippen LogP) is 2.02. The van der Waals surface area contributed by atoms with Crippen molar-refractivity contribution in [2.24, 2.45) is 11.8 Å². The molecule has 2 saturated heterocycles. The summed E-state index contributed by atoms with van der Waals surface area (Å²) in [5.41, 5.74) is 0.839. The van der Waals surface area contributed by atoms with Crippen LogP contribution in [0.5, 0.6) is 0 Å². The molecule has 0 aromatic heterocycles. The summed E-state index contributed by atoms with van der Waals surface area (Å²) in [6.45, 7) is 1.99. The molecule has 2 fully saturated rings. The number of benzene rings is 1. The highest BCUT2D eigenvalue weighted by Gasteiger charge is 2.35. The number of hydrogen-bond donors (Lipinski definition) is 0. The van der Waals surface area contributed by atoms with Gasteiger partial charge in [0.25, 0.3) is 0 Å². The quantitative estimate of drug-likeness (QED) is 0.722. The number of methoxy groups -OCH3 is 1. The Morgan fingerprint density at radius 2 is 1.93 bits per heavy atom. The number of amides is 2. The normalized spacial score (nSPS) is 20.9. The summed E-state index contributed by atoms with van der Waals surface area (Å²) >= 11 is 0. The SMILES string of the molecule is COC(=O)C1CCN(C(=O)[C@@H]2CCC(=O)N(CCc3cccc(F)c3)C2)CC1. The third kappa shape index (κ3) is 4.88. The van der Waals surface area contributed by atoms with Crippen LogP contribution in [0.1, 0.15) is 31.2 Å². The molecule has 2 aliphatic heterocycles. The Morgan fingerprint density at radius 1 is 1.18 bits per heavy atom. The number of ether oxygens (including phenoxy) is 1. The molecule has 3 rings (SSSR count). The molecule has 28 heavy (non-hydrogen) atoms. The first-order chi connectivity index (χ1) is 13.5. The molecule has 1 atom stereocenters. The monoisotopic (exact) mass is 390 g/mol. The number of piperidine rings is 2. The minimum atomic E-state index is -0.286. The van der Waals surface area contributed by atoms with Crippen LogP contribution in [0, 0.1) is 17.7 Å². The average molecular weight is 390 g/mol. The number of carbonyl (C=O) groups is 3. The number of likely N-dealkylation sites (tertiary alicyclic amines) is 2. The van der Waals surface area contributed by atoms with E-state index in [0.717, 1.165) is 5.56 Å². The molecule has 0 bridgehead atoms. The molecule has 0 aliphatic carbocycles. The number of esters is 1. The summed E-state index contributed by atoms with van der Waals surface area (Å²) in [5.74, 6) is -0.731. The second kappa shape index (κ2) is 9.17. The molecule has 2 aliphatic rings. The van der Waals surface area contributed by atoms with E-state index in [1.807, 2.05) is 11.0 Å². The zero-order valence-electron chi connectivity index (χ0n) is 16.2. The lowest BCUT2D eigenvalue weighted by atomic mass is 9.92. The van der Waals surface area contributed by atoms with Gasteiger partial charge in [0.15, 0.2) is 0 Å². The van der Waals surface area contributed by atoms with Gasteiger partial charge < -0.3 is 14.5 Å². The molecular weight excluding hydrogens is 363 g/mol. The minimum Gasteiger partial charge on any atom is -0.469 e. The molecule has 1 aromatic carbocycles. The van der Waals surface area contributed by atoms with Crippen molar-refractivity contribution >= 4 is 17.8 Å². The van der Waals surface area contributed by atoms with Gasteiger partial charge in [-0.2, -0.15) is 0 Å². The fraction of sp³-hybridized carbons (Fsp3) is 0.571. The summed E-state index contributed by atoms with van der Waals surface area (Å²) in [6, 6.07) is 6.37. The van der Waals surface area contributed by atoms with E-state index in [2.05, 4.69) is 0 Å².